The molecule has 0 atom stereocenters. The molecule has 5 nitrogen and oxygen atoms in total. The fourth-order valence-electron chi connectivity index (χ4n) is 1.43. The van der Waals surface area contributed by atoms with Crippen LogP contribution in [-0.4, -0.2) is 22.6 Å². The summed E-state index contributed by atoms with van der Waals surface area (Å²) in [6, 6.07) is 0.381. The van der Waals surface area contributed by atoms with Gasteiger partial charge in [0.25, 0.3) is 0 Å². The van der Waals surface area contributed by atoms with E-state index >= 15 is 0 Å². The fourth-order valence-corrected chi connectivity index (χ4v) is 1.43. The lowest BCUT2D eigenvalue weighted by atomic mass is 10.2. The van der Waals surface area contributed by atoms with E-state index in [9.17, 15) is 0 Å². The smallest absolute Gasteiger partial charge is 0.242 e. The summed E-state index contributed by atoms with van der Waals surface area (Å²) < 4.78 is 5.31. The van der Waals surface area contributed by atoms with Crippen LogP contribution in [0.2, 0.25) is 0 Å². The predicted molar refractivity (Wildman–Crippen MR) is 65.6 cm³/mol. The standard InChI is InChI=1S/C11H20N4O/c1-4-8(5-2)15-10-9(12)11(16-6-3)14-7-13-10/h7-8H,4-6,12H2,1-3H3,(H,13,14,15). The van der Waals surface area contributed by atoms with E-state index in [4.69, 9.17) is 10.5 Å². The first-order chi connectivity index (χ1) is 7.72. The Kier molecular flexibility index (Phi) is 4.82. The van der Waals surface area contributed by atoms with Crippen LogP contribution in [0.25, 0.3) is 0 Å². The van der Waals surface area contributed by atoms with Crippen LogP contribution in [0.3, 0.4) is 0 Å². The number of aromatic nitrogens is 2. The normalized spacial score (nSPS) is 10.5. The lowest BCUT2D eigenvalue weighted by molar-refractivity contribution is 0.328. The zero-order chi connectivity index (χ0) is 12.0. The summed E-state index contributed by atoms with van der Waals surface area (Å²) in [5.74, 6) is 1.11. The number of rotatable bonds is 6. The van der Waals surface area contributed by atoms with Gasteiger partial charge in [-0.25, -0.2) is 4.98 Å². The molecular weight excluding hydrogens is 204 g/mol. The zero-order valence-corrected chi connectivity index (χ0v) is 10.2. The van der Waals surface area contributed by atoms with Crippen LogP contribution < -0.4 is 15.8 Å². The first kappa shape index (κ1) is 12.5. The molecule has 0 aliphatic rings. The van der Waals surface area contributed by atoms with Crippen molar-refractivity contribution in [3.8, 4) is 5.88 Å². The molecule has 1 aromatic heterocycles. The van der Waals surface area contributed by atoms with Crippen molar-refractivity contribution in [2.75, 3.05) is 17.7 Å². The molecule has 0 radical (unpaired) electrons. The first-order valence-corrected chi connectivity index (χ1v) is 5.72. The van der Waals surface area contributed by atoms with E-state index in [2.05, 4.69) is 29.1 Å². The largest absolute Gasteiger partial charge is 0.476 e. The molecule has 0 bridgehead atoms. The van der Waals surface area contributed by atoms with Gasteiger partial charge in [-0.3, -0.25) is 0 Å². The van der Waals surface area contributed by atoms with Crippen LogP contribution in [0.1, 0.15) is 33.6 Å². The average Bonchev–Trinajstić information content (AvgIpc) is 2.30. The maximum Gasteiger partial charge on any atom is 0.242 e. The van der Waals surface area contributed by atoms with Crippen LogP contribution in [-0.2, 0) is 0 Å². The highest BCUT2D eigenvalue weighted by atomic mass is 16.5. The van der Waals surface area contributed by atoms with Gasteiger partial charge in [0.05, 0.1) is 6.61 Å². The van der Waals surface area contributed by atoms with Gasteiger partial charge in [0, 0.05) is 6.04 Å². The number of nitrogens with two attached hydrogens (primary N) is 1. The molecule has 0 aliphatic carbocycles. The molecule has 1 heterocycles. The third-order valence-electron chi connectivity index (χ3n) is 2.45. The zero-order valence-electron chi connectivity index (χ0n) is 10.2. The molecule has 90 valence electrons. The SMILES string of the molecule is CCOc1ncnc(NC(CC)CC)c1N. The van der Waals surface area contributed by atoms with Crippen molar-refractivity contribution in [3.05, 3.63) is 6.33 Å². The number of hydrogen-bond donors (Lipinski definition) is 2. The van der Waals surface area contributed by atoms with E-state index in [0.29, 0.717) is 30.0 Å². The Morgan fingerprint density at radius 1 is 1.31 bits per heavy atom. The van der Waals surface area contributed by atoms with Crippen molar-refractivity contribution in [2.45, 2.75) is 39.7 Å². The summed E-state index contributed by atoms with van der Waals surface area (Å²) in [4.78, 5) is 8.12. The molecule has 0 unspecified atom stereocenters. The van der Waals surface area contributed by atoms with Crippen LogP contribution in [0.4, 0.5) is 11.5 Å². The second-order valence-electron chi connectivity index (χ2n) is 3.53. The number of hydrogen-bond acceptors (Lipinski definition) is 5. The Morgan fingerprint density at radius 3 is 2.56 bits per heavy atom. The minimum atomic E-state index is 0.381. The Balaban J connectivity index is 2.83. The predicted octanol–water partition coefficient (Wildman–Crippen LogP) is 2.06. The Bertz CT molecular complexity index is 326. The molecule has 3 N–H and O–H groups in total. The fraction of sp³-hybridized carbons (Fsp3) is 0.636. The van der Waals surface area contributed by atoms with Crippen LogP contribution in [0.5, 0.6) is 5.88 Å². The lowest BCUT2D eigenvalue weighted by Gasteiger charge is -2.17. The molecule has 16 heavy (non-hydrogen) atoms. The Labute approximate surface area is 96.4 Å². The molecule has 0 saturated heterocycles. The average molecular weight is 224 g/mol. The molecule has 5 heteroatoms. The van der Waals surface area contributed by atoms with Gasteiger partial charge in [0.2, 0.25) is 5.88 Å². The van der Waals surface area contributed by atoms with Gasteiger partial charge < -0.3 is 15.8 Å². The van der Waals surface area contributed by atoms with Gasteiger partial charge in [-0.05, 0) is 19.8 Å². The van der Waals surface area contributed by atoms with Crippen LogP contribution in [0.15, 0.2) is 6.33 Å². The highest BCUT2D eigenvalue weighted by Crippen LogP contribution is 2.25. The van der Waals surface area contributed by atoms with E-state index in [1.807, 2.05) is 6.92 Å². The molecule has 0 saturated carbocycles. The van der Waals surface area contributed by atoms with Crippen LogP contribution in [0, 0.1) is 0 Å². The summed E-state index contributed by atoms with van der Waals surface area (Å²) in [6.07, 6.45) is 3.53. The minimum absolute atomic E-state index is 0.381. The quantitative estimate of drug-likeness (QED) is 0.773. The monoisotopic (exact) mass is 224 g/mol. The summed E-state index contributed by atoms with van der Waals surface area (Å²) in [7, 11) is 0. The van der Waals surface area contributed by atoms with E-state index in [1.54, 1.807) is 0 Å². The summed E-state index contributed by atoms with van der Waals surface area (Å²) >= 11 is 0. The number of ether oxygens (including phenoxy) is 1. The van der Waals surface area contributed by atoms with Gasteiger partial charge >= 0.3 is 0 Å². The van der Waals surface area contributed by atoms with Gasteiger partial charge in [-0.2, -0.15) is 4.98 Å². The summed E-state index contributed by atoms with van der Waals surface area (Å²) in [5, 5.41) is 3.29. The van der Waals surface area contributed by atoms with E-state index in [-0.39, 0.29) is 0 Å². The second kappa shape index (κ2) is 6.15. The van der Waals surface area contributed by atoms with Crippen molar-refractivity contribution in [1.29, 1.82) is 0 Å². The van der Waals surface area contributed by atoms with Crippen LogP contribution >= 0.6 is 0 Å². The highest BCUT2D eigenvalue weighted by molar-refractivity contribution is 5.66. The van der Waals surface area contributed by atoms with Gasteiger partial charge in [0.1, 0.15) is 12.0 Å². The molecule has 0 aliphatic heterocycles. The summed E-state index contributed by atoms with van der Waals surface area (Å²) in [6.45, 7) is 6.70. The van der Waals surface area contributed by atoms with Gasteiger partial charge in [0.15, 0.2) is 5.82 Å². The molecule has 1 aromatic rings. The third-order valence-corrected chi connectivity index (χ3v) is 2.45. The van der Waals surface area contributed by atoms with E-state index < -0.39 is 0 Å². The summed E-state index contributed by atoms with van der Waals surface area (Å²) in [5.41, 5.74) is 6.40. The minimum Gasteiger partial charge on any atom is -0.476 e. The lowest BCUT2D eigenvalue weighted by Crippen LogP contribution is -2.19. The Morgan fingerprint density at radius 2 is 2.00 bits per heavy atom. The number of anilines is 2. The molecular formula is C11H20N4O. The third kappa shape index (κ3) is 2.98. The second-order valence-corrected chi connectivity index (χ2v) is 3.53. The van der Waals surface area contributed by atoms with Gasteiger partial charge in [-0.15, -0.1) is 0 Å². The maximum atomic E-state index is 5.91. The Hall–Kier alpha value is -1.52. The molecule has 1 rings (SSSR count). The molecule has 0 amide bonds. The molecule has 0 spiro atoms. The van der Waals surface area contributed by atoms with Crippen molar-refractivity contribution >= 4 is 11.5 Å². The maximum absolute atomic E-state index is 5.91. The van der Waals surface area contributed by atoms with Crippen molar-refractivity contribution in [1.82, 2.24) is 9.97 Å². The van der Waals surface area contributed by atoms with Crippen molar-refractivity contribution in [3.63, 3.8) is 0 Å². The highest BCUT2D eigenvalue weighted by Gasteiger charge is 2.11. The first-order valence-electron chi connectivity index (χ1n) is 5.72. The van der Waals surface area contributed by atoms with E-state index in [0.717, 1.165) is 12.8 Å². The number of nitrogens with zero attached hydrogens (tertiary/aromatic N) is 2. The van der Waals surface area contributed by atoms with E-state index in [1.165, 1.54) is 6.33 Å². The topological polar surface area (TPSA) is 73.1 Å². The number of nitrogens with one attached hydrogen (secondary N) is 1. The van der Waals surface area contributed by atoms with Crippen molar-refractivity contribution < 1.29 is 4.74 Å². The van der Waals surface area contributed by atoms with Crippen molar-refractivity contribution in [2.24, 2.45) is 0 Å². The molecule has 0 fully saturated rings. The van der Waals surface area contributed by atoms with Gasteiger partial charge in [-0.1, -0.05) is 13.8 Å². The molecule has 0 aromatic carbocycles. The number of nitrogen functional groups attached to an aromatic ring is 1.